The minimum Gasteiger partial charge on any atom is -0.339 e. The molecule has 3 aromatic heterocycles. The van der Waals surface area contributed by atoms with E-state index < -0.39 is 0 Å². The van der Waals surface area contributed by atoms with Gasteiger partial charge in [-0.2, -0.15) is 0 Å². The van der Waals surface area contributed by atoms with Gasteiger partial charge in [0.1, 0.15) is 12.2 Å². The number of carbonyl (C=O) groups excluding carboxylic acids is 1. The number of rotatable bonds is 4. The Kier molecular flexibility index (Phi) is 5.17. The molecule has 0 saturated carbocycles. The highest BCUT2D eigenvalue weighted by atomic mass is 35.5. The van der Waals surface area contributed by atoms with Gasteiger partial charge in [0, 0.05) is 45.1 Å². The lowest BCUT2D eigenvalue weighted by atomic mass is 10.2. The molecule has 0 radical (unpaired) electrons. The summed E-state index contributed by atoms with van der Waals surface area (Å²) in [5, 5.41) is 0.671. The van der Waals surface area contributed by atoms with E-state index in [1.165, 1.54) is 10.8 Å². The molecule has 31 heavy (non-hydrogen) atoms. The van der Waals surface area contributed by atoms with E-state index in [9.17, 15) is 9.59 Å². The Morgan fingerprint density at radius 2 is 1.84 bits per heavy atom. The van der Waals surface area contributed by atoms with Crippen LogP contribution in [0.5, 0.6) is 0 Å². The second-order valence-electron chi connectivity index (χ2n) is 7.67. The van der Waals surface area contributed by atoms with Crippen LogP contribution >= 0.6 is 11.6 Å². The lowest BCUT2D eigenvalue weighted by Gasteiger charge is -2.34. The Morgan fingerprint density at radius 1 is 1.03 bits per heavy atom. The summed E-state index contributed by atoms with van der Waals surface area (Å²) in [6.45, 7) is 3.50. The second kappa shape index (κ2) is 8.13. The molecule has 0 N–H and O–H groups in total. The van der Waals surface area contributed by atoms with Crippen molar-refractivity contribution in [2.45, 2.75) is 13.1 Å². The predicted molar refractivity (Wildman–Crippen MR) is 118 cm³/mol. The van der Waals surface area contributed by atoms with E-state index in [0.717, 1.165) is 31.0 Å². The first-order valence-electron chi connectivity index (χ1n) is 10.1. The van der Waals surface area contributed by atoms with Crippen LogP contribution in [-0.2, 0) is 17.9 Å². The van der Waals surface area contributed by atoms with E-state index in [1.54, 1.807) is 0 Å². The van der Waals surface area contributed by atoms with Crippen LogP contribution in [0.25, 0.3) is 16.7 Å². The van der Waals surface area contributed by atoms with Crippen LogP contribution in [0.3, 0.4) is 0 Å². The number of imidazole rings is 1. The molecule has 4 heterocycles. The standard InChI is InChI=1S/C22H21ClN6O2/c23-16-5-6-20-25-17(14-28(20)12-16)13-26-7-9-27(10-8-26)22(31)15-29-19-4-2-1-3-18(19)24-11-21(29)30/h1-6,11-12,14H,7-10,13,15H2. The van der Waals surface area contributed by atoms with Gasteiger partial charge in [0.15, 0.2) is 0 Å². The summed E-state index contributed by atoms with van der Waals surface area (Å²) in [5.41, 5.74) is 2.94. The summed E-state index contributed by atoms with van der Waals surface area (Å²) in [5.74, 6) is -0.0551. The van der Waals surface area contributed by atoms with E-state index >= 15 is 0 Å². The smallest absolute Gasteiger partial charge is 0.269 e. The van der Waals surface area contributed by atoms with Gasteiger partial charge in [-0.25, -0.2) is 9.97 Å². The second-order valence-corrected chi connectivity index (χ2v) is 8.11. The number of para-hydroxylation sites is 2. The molecular weight excluding hydrogens is 416 g/mol. The third-order valence-corrected chi connectivity index (χ3v) is 5.85. The van der Waals surface area contributed by atoms with Gasteiger partial charge in [0.05, 0.1) is 27.9 Å². The molecule has 0 atom stereocenters. The molecule has 0 spiro atoms. The topological polar surface area (TPSA) is 75.7 Å². The molecule has 1 aliphatic heterocycles. The highest BCUT2D eigenvalue weighted by Crippen LogP contribution is 2.14. The van der Waals surface area contributed by atoms with Gasteiger partial charge in [0.2, 0.25) is 5.91 Å². The number of amides is 1. The molecule has 1 saturated heterocycles. The van der Waals surface area contributed by atoms with Crippen molar-refractivity contribution in [3.05, 3.63) is 76.1 Å². The fourth-order valence-corrected chi connectivity index (χ4v) is 4.16. The molecule has 0 aliphatic carbocycles. The normalized spacial score (nSPS) is 15.1. The highest BCUT2D eigenvalue weighted by molar-refractivity contribution is 6.30. The van der Waals surface area contributed by atoms with E-state index in [4.69, 9.17) is 11.6 Å². The number of hydrogen-bond donors (Lipinski definition) is 0. The predicted octanol–water partition coefficient (Wildman–Crippen LogP) is 2.04. The summed E-state index contributed by atoms with van der Waals surface area (Å²) in [4.78, 5) is 38.1. The first-order valence-corrected chi connectivity index (χ1v) is 10.5. The number of hydrogen-bond acceptors (Lipinski definition) is 5. The van der Waals surface area contributed by atoms with Crippen molar-refractivity contribution in [1.29, 1.82) is 0 Å². The summed E-state index contributed by atoms with van der Waals surface area (Å²) < 4.78 is 3.42. The first-order chi connectivity index (χ1) is 15.1. The van der Waals surface area contributed by atoms with Crippen molar-refractivity contribution in [1.82, 2.24) is 28.7 Å². The lowest BCUT2D eigenvalue weighted by molar-refractivity contribution is -0.133. The van der Waals surface area contributed by atoms with Crippen molar-refractivity contribution in [2.24, 2.45) is 0 Å². The van der Waals surface area contributed by atoms with E-state index in [1.807, 2.05) is 58.1 Å². The zero-order valence-corrected chi connectivity index (χ0v) is 17.6. The largest absolute Gasteiger partial charge is 0.339 e. The molecule has 0 bridgehead atoms. The summed E-state index contributed by atoms with van der Waals surface area (Å²) in [6.07, 6.45) is 5.10. The molecule has 8 nitrogen and oxygen atoms in total. The zero-order chi connectivity index (χ0) is 21.4. The van der Waals surface area contributed by atoms with Gasteiger partial charge in [0.25, 0.3) is 5.56 Å². The van der Waals surface area contributed by atoms with Crippen molar-refractivity contribution < 1.29 is 4.79 Å². The third-order valence-electron chi connectivity index (χ3n) is 5.62. The lowest BCUT2D eigenvalue weighted by Crippen LogP contribution is -2.49. The van der Waals surface area contributed by atoms with Crippen LogP contribution in [0.4, 0.5) is 0 Å². The van der Waals surface area contributed by atoms with Gasteiger partial charge < -0.3 is 9.30 Å². The molecule has 158 valence electrons. The van der Waals surface area contributed by atoms with Crippen LogP contribution in [0.15, 0.2) is 59.8 Å². The SMILES string of the molecule is O=C(Cn1c(=O)cnc2ccccc21)N1CCN(Cc2cn3cc(Cl)ccc3n2)CC1. The quantitative estimate of drug-likeness (QED) is 0.489. The van der Waals surface area contributed by atoms with E-state index in [-0.39, 0.29) is 18.0 Å². The van der Waals surface area contributed by atoms with Crippen LogP contribution in [0, 0.1) is 0 Å². The Balaban J connectivity index is 1.23. The molecule has 1 fully saturated rings. The highest BCUT2D eigenvalue weighted by Gasteiger charge is 2.22. The Hall–Kier alpha value is -3.23. The summed E-state index contributed by atoms with van der Waals surface area (Å²) in [7, 11) is 0. The van der Waals surface area contributed by atoms with Gasteiger partial charge in [-0.15, -0.1) is 0 Å². The first kappa shape index (κ1) is 19.7. The maximum absolute atomic E-state index is 12.9. The van der Waals surface area contributed by atoms with Crippen molar-refractivity contribution in [3.63, 3.8) is 0 Å². The molecule has 5 rings (SSSR count). The fraction of sp³-hybridized carbons (Fsp3) is 0.273. The summed E-state index contributed by atoms with van der Waals surface area (Å²) in [6, 6.07) is 11.1. The van der Waals surface area contributed by atoms with E-state index in [0.29, 0.717) is 29.1 Å². The number of carbonyl (C=O) groups is 1. The minimum atomic E-state index is -0.266. The molecule has 1 aromatic carbocycles. The number of piperazine rings is 1. The van der Waals surface area contributed by atoms with Crippen molar-refractivity contribution in [2.75, 3.05) is 26.2 Å². The van der Waals surface area contributed by atoms with Gasteiger partial charge in [-0.3, -0.25) is 19.1 Å². The van der Waals surface area contributed by atoms with Crippen LogP contribution in [-0.4, -0.2) is 60.8 Å². The average Bonchev–Trinajstić information content (AvgIpc) is 3.17. The number of halogens is 1. The maximum Gasteiger partial charge on any atom is 0.269 e. The van der Waals surface area contributed by atoms with Crippen molar-refractivity contribution in [3.8, 4) is 0 Å². The number of nitrogens with zero attached hydrogens (tertiary/aromatic N) is 6. The third kappa shape index (κ3) is 4.04. The molecule has 9 heteroatoms. The Labute approximate surface area is 183 Å². The molecular formula is C22H21ClN6O2. The van der Waals surface area contributed by atoms with Gasteiger partial charge >= 0.3 is 0 Å². The monoisotopic (exact) mass is 436 g/mol. The summed E-state index contributed by atoms with van der Waals surface area (Å²) >= 11 is 6.04. The zero-order valence-electron chi connectivity index (χ0n) is 16.8. The van der Waals surface area contributed by atoms with Crippen LogP contribution in [0.1, 0.15) is 5.69 Å². The number of aromatic nitrogens is 4. The number of benzene rings is 1. The maximum atomic E-state index is 12.9. The average molecular weight is 437 g/mol. The molecule has 1 amide bonds. The van der Waals surface area contributed by atoms with Crippen LogP contribution in [0.2, 0.25) is 5.02 Å². The number of pyridine rings is 1. The molecule has 1 aliphatic rings. The van der Waals surface area contributed by atoms with Crippen molar-refractivity contribution >= 4 is 34.2 Å². The van der Waals surface area contributed by atoms with E-state index in [2.05, 4.69) is 14.9 Å². The Bertz CT molecular complexity index is 1320. The molecule has 4 aromatic rings. The molecule has 0 unspecified atom stereocenters. The minimum absolute atomic E-state index is 0.0229. The number of fused-ring (bicyclic) bond motifs is 2. The van der Waals surface area contributed by atoms with Crippen LogP contribution < -0.4 is 5.56 Å². The van der Waals surface area contributed by atoms with Gasteiger partial charge in [-0.1, -0.05) is 23.7 Å². The Morgan fingerprint density at radius 3 is 2.68 bits per heavy atom. The van der Waals surface area contributed by atoms with Gasteiger partial charge in [-0.05, 0) is 24.3 Å². The fourth-order valence-electron chi connectivity index (χ4n) is 3.99.